The Labute approximate surface area is 130 Å². The van der Waals surface area contributed by atoms with E-state index in [4.69, 9.17) is 4.74 Å². The van der Waals surface area contributed by atoms with Crippen molar-refractivity contribution >= 4 is 23.1 Å². The zero-order valence-electron chi connectivity index (χ0n) is 13.5. The number of hydrogen-bond donors (Lipinski definition) is 0. The highest BCUT2D eigenvalue weighted by Crippen LogP contribution is 2.32. The lowest BCUT2D eigenvalue weighted by atomic mass is 10.0. The predicted octanol–water partition coefficient (Wildman–Crippen LogP) is 1.96. The van der Waals surface area contributed by atoms with E-state index in [0.717, 1.165) is 28.4 Å². The van der Waals surface area contributed by atoms with Crippen molar-refractivity contribution in [2.45, 2.75) is 27.0 Å². The van der Waals surface area contributed by atoms with Gasteiger partial charge in [0.05, 0.1) is 23.5 Å². The van der Waals surface area contributed by atoms with Crippen molar-refractivity contribution in [2.75, 3.05) is 25.6 Å². The molecular weight excluding hydrogens is 280 g/mol. The molecule has 2 aliphatic rings. The molecule has 6 nitrogen and oxygen atoms in total. The van der Waals surface area contributed by atoms with Gasteiger partial charge in [0.1, 0.15) is 0 Å². The fourth-order valence-corrected chi connectivity index (χ4v) is 2.87. The average Bonchev–Trinajstić information content (AvgIpc) is 2.58. The second kappa shape index (κ2) is 5.21. The highest BCUT2D eigenvalue weighted by atomic mass is 16.5. The largest absolute Gasteiger partial charge is 0.355 e. The first-order valence-electron chi connectivity index (χ1n) is 7.23. The van der Waals surface area contributed by atoms with Crippen molar-refractivity contribution in [3.8, 4) is 0 Å². The molecule has 1 atom stereocenters. The maximum absolute atomic E-state index is 12.7. The number of likely N-dealkylation sites (N-methyl/N-ethyl adjacent to an activating group) is 1. The first kappa shape index (κ1) is 14.7. The van der Waals surface area contributed by atoms with E-state index < -0.39 is 0 Å². The molecule has 0 saturated heterocycles. The summed E-state index contributed by atoms with van der Waals surface area (Å²) >= 11 is 0. The Bertz CT molecular complexity index is 708. The van der Waals surface area contributed by atoms with Gasteiger partial charge >= 0.3 is 0 Å². The third-order valence-corrected chi connectivity index (χ3v) is 4.24. The summed E-state index contributed by atoms with van der Waals surface area (Å²) in [5, 5.41) is 8.46. The molecule has 1 unspecified atom stereocenters. The van der Waals surface area contributed by atoms with Crippen molar-refractivity contribution in [3.05, 3.63) is 28.8 Å². The second-order valence-electron chi connectivity index (χ2n) is 5.83. The molecule has 0 aromatic heterocycles. The zero-order valence-corrected chi connectivity index (χ0v) is 13.5. The Kier molecular flexibility index (Phi) is 3.48. The van der Waals surface area contributed by atoms with Gasteiger partial charge in [0.15, 0.2) is 12.1 Å². The van der Waals surface area contributed by atoms with Gasteiger partial charge in [-0.2, -0.15) is 5.10 Å². The zero-order chi connectivity index (χ0) is 16.0. The number of aryl methyl sites for hydroxylation is 2. The van der Waals surface area contributed by atoms with Gasteiger partial charge in [0.25, 0.3) is 5.91 Å². The van der Waals surface area contributed by atoms with Crippen LogP contribution < -0.4 is 4.90 Å². The first-order chi connectivity index (χ1) is 10.4. The van der Waals surface area contributed by atoms with Crippen molar-refractivity contribution in [2.24, 2.45) is 10.2 Å². The van der Waals surface area contributed by atoms with Crippen LogP contribution in [-0.2, 0) is 4.74 Å². The second-order valence-corrected chi connectivity index (χ2v) is 5.83. The summed E-state index contributed by atoms with van der Waals surface area (Å²) in [4.78, 5) is 16.3. The van der Waals surface area contributed by atoms with Crippen LogP contribution in [0.4, 0.5) is 5.69 Å². The summed E-state index contributed by atoms with van der Waals surface area (Å²) in [6, 6.07) is 3.97. The lowest BCUT2D eigenvalue weighted by Crippen LogP contribution is -2.50. The fraction of sp³-hybridized carbons (Fsp3) is 0.438. The lowest BCUT2D eigenvalue weighted by molar-refractivity contribution is 0.0817. The van der Waals surface area contributed by atoms with Gasteiger partial charge in [-0.05, 0) is 44.0 Å². The topological polar surface area (TPSA) is 57.5 Å². The Morgan fingerprint density at radius 3 is 2.55 bits per heavy atom. The molecule has 2 aliphatic heterocycles. The van der Waals surface area contributed by atoms with E-state index in [9.17, 15) is 4.79 Å². The number of hydrogen-bond acceptors (Lipinski definition) is 5. The van der Waals surface area contributed by atoms with E-state index in [1.807, 2.05) is 37.8 Å². The molecule has 116 valence electrons. The quantitative estimate of drug-likeness (QED) is 0.796. The molecule has 0 radical (unpaired) electrons. The minimum absolute atomic E-state index is 0.0114. The molecule has 1 aromatic rings. The number of carbonyl (C=O) groups is 1. The Morgan fingerprint density at radius 1 is 1.18 bits per heavy atom. The van der Waals surface area contributed by atoms with Crippen LogP contribution in [0.25, 0.3) is 0 Å². The molecule has 0 aliphatic carbocycles. The normalized spacial score (nSPS) is 21.0. The third-order valence-electron chi connectivity index (χ3n) is 4.24. The van der Waals surface area contributed by atoms with Crippen molar-refractivity contribution in [1.29, 1.82) is 0 Å². The SMILES string of the molecule is COC1C(C)=NN=C2CN(C)C(=O)c3cc(C)c(C)cc3N21. The van der Waals surface area contributed by atoms with Crippen molar-refractivity contribution < 1.29 is 9.53 Å². The Morgan fingerprint density at radius 2 is 1.86 bits per heavy atom. The molecule has 0 bridgehead atoms. The number of amidine groups is 1. The maximum atomic E-state index is 12.7. The van der Waals surface area contributed by atoms with E-state index in [2.05, 4.69) is 10.2 Å². The standard InChI is InChI=1S/C16H20N4O2/c1-9-6-12-13(7-10(9)2)20-14(8-19(4)15(12)21)18-17-11(3)16(20)22-5/h6-7,16H,8H2,1-5H3. The van der Waals surface area contributed by atoms with Gasteiger partial charge in [0.2, 0.25) is 0 Å². The summed E-state index contributed by atoms with van der Waals surface area (Å²) in [5.41, 5.74) is 4.50. The Balaban J connectivity index is 2.26. The maximum Gasteiger partial charge on any atom is 0.256 e. The molecule has 6 heteroatoms. The fourth-order valence-electron chi connectivity index (χ4n) is 2.87. The van der Waals surface area contributed by atoms with Gasteiger partial charge < -0.3 is 9.64 Å². The third kappa shape index (κ3) is 2.11. The van der Waals surface area contributed by atoms with E-state index in [0.29, 0.717) is 12.1 Å². The molecule has 22 heavy (non-hydrogen) atoms. The van der Waals surface area contributed by atoms with Crippen LogP contribution in [0.5, 0.6) is 0 Å². The van der Waals surface area contributed by atoms with Gasteiger partial charge in [-0.1, -0.05) is 0 Å². The number of fused-ring (bicyclic) bond motifs is 3. The van der Waals surface area contributed by atoms with Crippen LogP contribution >= 0.6 is 0 Å². The van der Waals surface area contributed by atoms with E-state index >= 15 is 0 Å². The monoisotopic (exact) mass is 300 g/mol. The molecule has 0 spiro atoms. The van der Waals surface area contributed by atoms with E-state index in [1.54, 1.807) is 19.1 Å². The first-order valence-corrected chi connectivity index (χ1v) is 7.23. The number of benzene rings is 1. The summed E-state index contributed by atoms with van der Waals surface area (Å²) in [7, 11) is 3.42. The predicted molar refractivity (Wildman–Crippen MR) is 86.7 cm³/mol. The lowest BCUT2D eigenvalue weighted by Gasteiger charge is -2.34. The molecule has 0 fully saturated rings. The molecule has 0 saturated carbocycles. The van der Waals surface area contributed by atoms with Crippen LogP contribution in [0.15, 0.2) is 22.3 Å². The molecule has 2 heterocycles. The van der Waals surface area contributed by atoms with E-state index in [-0.39, 0.29) is 12.1 Å². The smallest absolute Gasteiger partial charge is 0.256 e. The number of ether oxygens (including phenoxy) is 1. The summed E-state index contributed by atoms with van der Waals surface area (Å²) in [6.45, 7) is 6.34. The average molecular weight is 300 g/mol. The van der Waals surface area contributed by atoms with Gasteiger partial charge in [0, 0.05) is 14.2 Å². The highest BCUT2D eigenvalue weighted by molar-refractivity contribution is 6.15. The number of rotatable bonds is 1. The molecule has 0 N–H and O–H groups in total. The van der Waals surface area contributed by atoms with Crippen LogP contribution in [0.1, 0.15) is 28.4 Å². The van der Waals surface area contributed by atoms with Crippen LogP contribution in [0.3, 0.4) is 0 Å². The number of anilines is 1. The number of amides is 1. The molecule has 1 amide bonds. The number of methoxy groups -OCH3 is 1. The van der Waals surface area contributed by atoms with Crippen LogP contribution in [0, 0.1) is 13.8 Å². The molecule has 3 rings (SSSR count). The van der Waals surface area contributed by atoms with Crippen molar-refractivity contribution in [3.63, 3.8) is 0 Å². The van der Waals surface area contributed by atoms with Gasteiger partial charge in [-0.25, -0.2) is 0 Å². The van der Waals surface area contributed by atoms with Gasteiger partial charge in [-0.3, -0.25) is 9.69 Å². The van der Waals surface area contributed by atoms with Crippen LogP contribution in [0.2, 0.25) is 0 Å². The number of carbonyl (C=O) groups excluding carboxylic acids is 1. The highest BCUT2D eigenvalue weighted by Gasteiger charge is 2.36. The summed E-state index contributed by atoms with van der Waals surface area (Å²) in [5.74, 6) is 0.706. The molecule has 1 aromatic carbocycles. The van der Waals surface area contributed by atoms with E-state index in [1.165, 1.54) is 0 Å². The van der Waals surface area contributed by atoms with Crippen molar-refractivity contribution in [1.82, 2.24) is 4.90 Å². The van der Waals surface area contributed by atoms with Gasteiger partial charge in [-0.15, -0.1) is 5.10 Å². The minimum atomic E-state index is -0.340. The Hall–Kier alpha value is -2.21. The number of nitrogens with zero attached hydrogens (tertiary/aromatic N) is 4. The van der Waals surface area contributed by atoms with Crippen LogP contribution in [-0.4, -0.2) is 49.3 Å². The minimum Gasteiger partial charge on any atom is -0.355 e. The molecular formula is C16H20N4O2. The summed E-state index contributed by atoms with van der Waals surface area (Å²) < 4.78 is 5.61. The summed E-state index contributed by atoms with van der Waals surface area (Å²) in [6.07, 6.45) is -0.340.